The van der Waals surface area contributed by atoms with Gasteiger partial charge < -0.3 is 4.55 Å². The van der Waals surface area contributed by atoms with Gasteiger partial charge >= 0.3 is 40.9 Å². The van der Waals surface area contributed by atoms with Gasteiger partial charge in [-0.15, -0.1) is 0 Å². The molecule has 0 aromatic rings. The van der Waals surface area contributed by atoms with E-state index in [0.717, 1.165) is 0 Å². The predicted molar refractivity (Wildman–Crippen MR) is 20.8 cm³/mol. The number of hydrogen-bond acceptors (Lipinski definition) is 4. The summed E-state index contributed by atoms with van der Waals surface area (Å²) in [5, 5.41) is 0. The van der Waals surface area contributed by atoms with Gasteiger partial charge in [-0.25, -0.2) is 4.21 Å². The Morgan fingerprint density at radius 2 is 1.88 bits per heavy atom. The van der Waals surface area contributed by atoms with Gasteiger partial charge in [0.15, 0.2) is 0 Å². The summed E-state index contributed by atoms with van der Waals surface area (Å²) in [6, 6.07) is 0. The zero-order valence-electron chi connectivity index (χ0n) is 3.90. The minimum Gasteiger partial charge on any atom is -0.749 e. The SMILES string of the molecule is O=S([O-])OS(=O)O.[Na+]. The van der Waals surface area contributed by atoms with E-state index in [1.807, 2.05) is 0 Å². The van der Waals surface area contributed by atoms with Crippen LogP contribution in [-0.2, 0) is 26.4 Å². The quantitative estimate of drug-likeness (QED) is 0.335. The molecule has 0 heterocycles. The maximum Gasteiger partial charge on any atom is 1.00 e. The molecule has 8 heavy (non-hydrogen) atoms. The van der Waals surface area contributed by atoms with Gasteiger partial charge in [-0.05, 0) is 0 Å². The standard InChI is InChI=1S/Na.H2O5S2/c;1-6(2)5-7(3)4/h;(H,1,2)(H,3,4)/q+1;/p-1. The van der Waals surface area contributed by atoms with E-state index >= 15 is 0 Å². The molecule has 44 valence electrons. The molecule has 8 heteroatoms. The molecule has 5 nitrogen and oxygen atoms in total. The summed E-state index contributed by atoms with van der Waals surface area (Å²) in [6.07, 6.45) is 0. The second-order valence-corrected chi connectivity index (χ2v) is 1.88. The average molecular weight is 168 g/mol. The predicted octanol–water partition coefficient (Wildman–Crippen LogP) is -4.06. The maximum absolute atomic E-state index is 9.31. The first-order valence-corrected chi connectivity index (χ1v) is 3.05. The van der Waals surface area contributed by atoms with Gasteiger partial charge in [0.05, 0.1) is 0 Å². The Kier molecular flexibility index (Phi) is 9.39. The van der Waals surface area contributed by atoms with E-state index in [9.17, 15) is 13.0 Å². The molecule has 0 spiro atoms. The van der Waals surface area contributed by atoms with E-state index in [1.54, 1.807) is 0 Å². The molecular weight excluding hydrogens is 167 g/mol. The fraction of sp³-hybridized carbons (Fsp3) is 0. The van der Waals surface area contributed by atoms with Crippen molar-refractivity contribution in [2.45, 2.75) is 0 Å². The Balaban J connectivity index is 0. The molecule has 0 saturated heterocycles. The summed E-state index contributed by atoms with van der Waals surface area (Å²) in [5.41, 5.74) is 0. The van der Waals surface area contributed by atoms with Crippen LogP contribution in [0.25, 0.3) is 0 Å². The first kappa shape index (κ1) is 11.9. The topological polar surface area (TPSA) is 86.7 Å². The second-order valence-electron chi connectivity index (χ2n) is 0.489. The monoisotopic (exact) mass is 168 g/mol. The summed E-state index contributed by atoms with van der Waals surface area (Å²) in [5.74, 6) is 0. The van der Waals surface area contributed by atoms with Crippen LogP contribution in [0.3, 0.4) is 0 Å². The van der Waals surface area contributed by atoms with E-state index in [0.29, 0.717) is 0 Å². The van der Waals surface area contributed by atoms with Crippen molar-refractivity contribution >= 4 is 22.7 Å². The van der Waals surface area contributed by atoms with Gasteiger partial charge in [0, 0.05) is 0 Å². The molecule has 2 unspecified atom stereocenters. The summed E-state index contributed by atoms with van der Waals surface area (Å²) >= 11 is -5.60. The van der Waals surface area contributed by atoms with Gasteiger partial charge in [-0.3, -0.25) is 4.55 Å². The summed E-state index contributed by atoms with van der Waals surface area (Å²) in [6.45, 7) is 0. The first-order chi connectivity index (χ1) is 3.13. The third kappa shape index (κ3) is 10.2. The molecular formula is HNaO5S2. The third-order valence-corrected chi connectivity index (χ3v) is 1.02. The smallest absolute Gasteiger partial charge is 0.749 e. The average Bonchev–Trinajstić information content (AvgIpc) is 1.27. The zero-order chi connectivity index (χ0) is 5.86. The van der Waals surface area contributed by atoms with Gasteiger partial charge in [0.2, 0.25) is 0 Å². The Morgan fingerprint density at radius 1 is 1.50 bits per heavy atom. The van der Waals surface area contributed by atoms with Crippen LogP contribution >= 0.6 is 0 Å². The molecule has 0 fully saturated rings. The van der Waals surface area contributed by atoms with E-state index < -0.39 is 22.7 Å². The van der Waals surface area contributed by atoms with Crippen molar-refractivity contribution in [1.82, 2.24) is 0 Å². The molecule has 0 amide bonds. The van der Waals surface area contributed by atoms with Gasteiger partial charge in [-0.2, -0.15) is 7.84 Å². The normalized spacial score (nSPS) is 16.2. The van der Waals surface area contributed by atoms with Gasteiger partial charge in [0.25, 0.3) is 0 Å². The third-order valence-electron chi connectivity index (χ3n) is 0.114. The van der Waals surface area contributed by atoms with Crippen LogP contribution < -0.4 is 29.6 Å². The molecule has 0 rings (SSSR count). The molecule has 0 aliphatic rings. The van der Waals surface area contributed by atoms with Crippen LogP contribution in [0.2, 0.25) is 0 Å². The fourth-order valence-corrected chi connectivity index (χ4v) is 0.428. The molecule has 0 bridgehead atoms. The van der Waals surface area contributed by atoms with E-state index in [-0.39, 0.29) is 29.6 Å². The molecule has 0 aromatic heterocycles. The Labute approximate surface area is 73.1 Å². The van der Waals surface area contributed by atoms with Crippen molar-refractivity contribution in [3.63, 3.8) is 0 Å². The molecule has 2 atom stereocenters. The largest absolute Gasteiger partial charge is 1.00 e. The zero-order valence-corrected chi connectivity index (χ0v) is 7.53. The Bertz CT molecular complexity index is 86.6. The van der Waals surface area contributed by atoms with Crippen molar-refractivity contribution in [2.24, 2.45) is 0 Å². The summed E-state index contributed by atoms with van der Waals surface area (Å²) in [4.78, 5) is 0. The van der Waals surface area contributed by atoms with Crippen molar-refractivity contribution in [1.29, 1.82) is 0 Å². The van der Waals surface area contributed by atoms with Gasteiger partial charge in [-0.1, -0.05) is 0 Å². The van der Waals surface area contributed by atoms with E-state index in [2.05, 4.69) is 3.63 Å². The van der Waals surface area contributed by atoms with Crippen molar-refractivity contribution < 1.29 is 50.7 Å². The van der Waals surface area contributed by atoms with Crippen molar-refractivity contribution in [3.8, 4) is 0 Å². The number of hydrogen-bond donors (Lipinski definition) is 1. The van der Waals surface area contributed by atoms with Crippen molar-refractivity contribution in [3.05, 3.63) is 0 Å². The number of rotatable bonds is 2. The first-order valence-electron chi connectivity index (χ1n) is 1.02. The minimum atomic E-state index is -2.90. The van der Waals surface area contributed by atoms with Crippen LogP contribution in [-0.4, -0.2) is 17.5 Å². The van der Waals surface area contributed by atoms with Crippen molar-refractivity contribution in [2.75, 3.05) is 0 Å². The molecule has 0 radical (unpaired) electrons. The Morgan fingerprint density at radius 3 is 1.88 bits per heavy atom. The van der Waals surface area contributed by atoms with Crippen LogP contribution in [0.15, 0.2) is 0 Å². The van der Waals surface area contributed by atoms with Crippen LogP contribution in [0, 0.1) is 0 Å². The molecule has 0 aromatic carbocycles. The second kappa shape index (κ2) is 6.30. The molecule has 0 aliphatic heterocycles. The Hall–Kier alpha value is 1.18. The minimum absolute atomic E-state index is 0. The van der Waals surface area contributed by atoms with Crippen LogP contribution in [0.1, 0.15) is 0 Å². The van der Waals surface area contributed by atoms with Crippen LogP contribution in [0.4, 0.5) is 0 Å². The van der Waals surface area contributed by atoms with E-state index in [1.165, 1.54) is 0 Å². The molecule has 0 saturated carbocycles. The van der Waals surface area contributed by atoms with Gasteiger partial charge in [0.1, 0.15) is 11.4 Å². The fourth-order valence-electron chi connectivity index (χ4n) is 0.0475. The molecule has 0 aliphatic carbocycles. The van der Waals surface area contributed by atoms with Crippen LogP contribution in [0.5, 0.6) is 0 Å². The summed E-state index contributed by atoms with van der Waals surface area (Å²) in [7, 11) is 0. The van der Waals surface area contributed by atoms with E-state index in [4.69, 9.17) is 4.55 Å². The summed E-state index contributed by atoms with van der Waals surface area (Å²) < 4.78 is 38.5. The maximum atomic E-state index is 9.31. The molecule has 1 N–H and O–H groups in total.